The molecular formula is C20H21BrN2O10S. The molecule has 2 N–H and O–H groups in total. The molecule has 3 unspecified atom stereocenters. The van der Waals surface area contributed by atoms with Crippen LogP contribution in [0.5, 0.6) is 11.5 Å². The van der Waals surface area contributed by atoms with Crippen molar-refractivity contribution >= 4 is 37.4 Å². The predicted octanol–water partition coefficient (Wildman–Crippen LogP) is 2.73. The molecule has 2 aromatic rings. The Hall–Kier alpha value is -2.49. The average molecular weight is 561 g/mol. The van der Waals surface area contributed by atoms with E-state index in [1.165, 1.54) is 38.1 Å². The maximum absolute atomic E-state index is 12.5. The van der Waals surface area contributed by atoms with Crippen molar-refractivity contribution in [1.29, 1.82) is 0 Å². The number of methoxy groups -OCH3 is 2. The fraction of sp³-hybridized carbons (Fsp3) is 0.400. The van der Waals surface area contributed by atoms with E-state index in [0.29, 0.717) is 4.47 Å². The van der Waals surface area contributed by atoms with Gasteiger partial charge in [0, 0.05) is 30.8 Å². The standard InChI is InChI=1S/C20H21BrN2O10S/c1-18(2)20(24,31-4)19(30-3,13-10-12(23(25)26)6-8-15(13)33-18)22-14-9-11(21)5-7-16(14)32-17(22)34(27,28)29/h5-10,17,24H,1-4H3,(H,27,28,29). The van der Waals surface area contributed by atoms with Crippen molar-refractivity contribution < 1.29 is 41.9 Å². The van der Waals surface area contributed by atoms with Gasteiger partial charge in [-0.25, -0.2) is 0 Å². The van der Waals surface area contributed by atoms with E-state index in [4.69, 9.17) is 18.9 Å². The van der Waals surface area contributed by atoms with E-state index in [2.05, 4.69) is 15.9 Å². The van der Waals surface area contributed by atoms with Crippen LogP contribution in [0.15, 0.2) is 40.9 Å². The lowest BCUT2D eigenvalue weighted by Crippen LogP contribution is -2.77. The van der Waals surface area contributed by atoms with Gasteiger partial charge in [0.25, 0.3) is 11.5 Å². The Balaban J connectivity index is 2.18. The average Bonchev–Trinajstić information content (AvgIpc) is 3.13. The minimum Gasteiger partial charge on any atom is -0.482 e. The summed E-state index contributed by atoms with van der Waals surface area (Å²) in [5, 5.41) is 23.6. The Morgan fingerprint density at radius 2 is 1.79 bits per heavy atom. The molecule has 0 saturated carbocycles. The number of nitro groups is 1. The summed E-state index contributed by atoms with van der Waals surface area (Å²) >= 11 is 3.31. The number of nitro benzene ring substituents is 1. The quantitative estimate of drug-likeness (QED) is 0.239. The highest BCUT2D eigenvalue weighted by Crippen LogP contribution is 2.59. The fourth-order valence-corrected chi connectivity index (χ4v) is 5.61. The Bertz CT molecular complexity index is 1290. The maximum atomic E-state index is 12.5. The number of benzene rings is 2. The zero-order chi connectivity index (χ0) is 25.3. The molecule has 3 atom stereocenters. The molecule has 0 amide bonds. The SMILES string of the molecule is COC1(N2c3cc(Br)ccc3OC2S(=O)(=O)O)c2cc([N+](=O)[O-])ccc2OC(C)(C)C1(O)OC. The number of nitrogens with zero attached hydrogens (tertiary/aromatic N) is 2. The minimum absolute atomic E-state index is 0.0389. The third-order valence-corrected chi connectivity index (χ3v) is 7.29. The number of rotatable bonds is 5. The van der Waals surface area contributed by atoms with Crippen LogP contribution in [0.2, 0.25) is 0 Å². The van der Waals surface area contributed by atoms with Crippen LogP contribution in [-0.4, -0.2) is 54.2 Å². The molecule has 0 saturated heterocycles. The van der Waals surface area contributed by atoms with E-state index in [-0.39, 0.29) is 28.4 Å². The highest BCUT2D eigenvalue weighted by atomic mass is 79.9. The van der Waals surface area contributed by atoms with E-state index >= 15 is 0 Å². The van der Waals surface area contributed by atoms with Crippen LogP contribution in [0.3, 0.4) is 0 Å². The number of fused-ring (bicyclic) bond motifs is 2. The molecule has 2 aliphatic rings. The molecule has 184 valence electrons. The van der Waals surface area contributed by atoms with Crippen molar-refractivity contribution in [2.75, 3.05) is 19.1 Å². The van der Waals surface area contributed by atoms with Crippen LogP contribution in [0.25, 0.3) is 0 Å². The summed E-state index contributed by atoms with van der Waals surface area (Å²) in [5.74, 6) is -2.42. The topological polar surface area (TPSA) is 158 Å². The number of halogens is 1. The second kappa shape index (κ2) is 7.76. The molecule has 2 aliphatic heterocycles. The van der Waals surface area contributed by atoms with Gasteiger partial charge in [-0.3, -0.25) is 19.6 Å². The van der Waals surface area contributed by atoms with Gasteiger partial charge in [-0.2, -0.15) is 8.42 Å². The van der Waals surface area contributed by atoms with Crippen LogP contribution in [0, 0.1) is 10.1 Å². The molecule has 12 nitrogen and oxygen atoms in total. The maximum Gasteiger partial charge on any atom is 0.324 e. The van der Waals surface area contributed by atoms with Crippen molar-refractivity contribution in [3.63, 3.8) is 0 Å². The first-order chi connectivity index (χ1) is 15.7. The lowest BCUT2D eigenvalue weighted by molar-refractivity contribution is -0.386. The van der Waals surface area contributed by atoms with Crippen LogP contribution in [-0.2, 0) is 25.3 Å². The third-order valence-electron chi connectivity index (χ3n) is 5.98. The number of aliphatic hydroxyl groups is 1. The van der Waals surface area contributed by atoms with E-state index in [9.17, 15) is 28.2 Å². The van der Waals surface area contributed by atoms with Crippen molar-refractivity contribution in [1.82, 2.24) is 0 Å². The number of hydrogen-bond donors (Lipinski definition) is 2. The number of ether oxygens (including phenoxy) is 4. The van der Waals surface area contributed by atoms with Crippen molar-refractivity contribution in [2.45, 2.75) is 36.5 Å². The number of non-ortho nitro benzene ring substituents is 1. The first-order valence-corrected chi connectivity index (χ1v) is 12.1. The molecule has 0 fully saturated rings. The van der Waals surface area contributed by atoms with Gasteiger partial charge in [0.1, 0.15) is 11.5 Å². The van der Waals surface area contributed by atoms with Gasteiger partial charge in [-0.15, -0.1) is 0 Å². The lowest BCUT2D eigenvalue weighted by Gasteiger charge is -2.58. The first kappa shape index (κ1) is 24.6. The van der Waals surface area contributed by atoms with Crippen LogP contribution < -0.4 is 14.4 Å². The molecule has 0 spiro atoms. The highest BCUT2D eigenvalue weighted by Gasteiger charge is 2.73. The lowest BCUT2D eigenvalue weighted by atomic mass is 9.78. The second-order valence-corrected chi connectivity index (χ2v) is 10.5. The Labute approximate surface area is 203 Å². The van der Waals surface area contributed by atoms with Crippen molar-refractivity contribution in [2.24, 2.45) is 0 Å². The zero-order valence-corrected chi connectivity index (χ0v) is 20.8. The molecule has 0 radical (unpaired) electrons. The van der Waals surface area contributed by atoms with E-state index in [0.717, 1.165) is 25.2 Å². The number of anilines is 1. The van der Waals surface area contributed by atoms with Crippen molar-refractivity contribution in [3.05, 3.63) is 56.5 Å². The summed E-state index contributed by atoms with van der Waals surface area (Å²) in [6.07, 6.45) is 0. The monoisotopic (exact) mass is 560 g/mol. The van der Waals surface area contributed by atoms with Gasteiger partial charge in [0.05, 0.1) is 16.2 Å². The fourth-order valence-electron chi connectivity index (χ4n) is 4.51. The minimum atomic E-state index is -4.99. The summed E-state index contributed by atoms with van der Waals surface area (Å²) in [7, 11) is -2.69. The molecular weight excluding hydrogens is 540 g/mol. The molecule has 14 heteroatoms. The Morgan fingerprint density at radius 1 is 1.15 bits per heavy atom. The first-order valence-electron chi connectivity index (χ1n) is 9.76. The molecule has 0 aliphatic carbocycles. The molecule has 0 aromatic heterocycles. The van der Waals surface area contributed by atoms with Crippen LogP contribution in [0.1, 0.15) is 19.4 Å². The third kappa shape index (κ3) is 3.21. The Kier molecular flexibility index (Phi) is 5.62. The van der Waals surface area contributed by atoms with Crippen LogP contribution >= 0.6 is 15.9 Å². The second-order valence-electron chi connectivity index (χ2n) is 8.17. The normalized spacial score (nSPS) is 27.4. The smallest absolute Gasteiger partial charge is 0.324 e. The van der Waals surface area contributed by atoms with Gasteiger partial charge >= 0.3 is 15.7 Å². The molecule has 0 bridgehead atoms. The van der Waals surface area contributed by atoms with Gasteiger partial charge in [0.2, 0.25) is 5.72 Å². The predicted molar refractivity (Wildman–Crippen MR) is 121 cm³/mol. The van der Waals surface area contributed by atoms with Crippen molar-refractivity contribution in [3.8, 4) is 11.5 Å². The summed E-state index contributed by atoms with van der Waals surface area (Å²) < 4.78 is 58.5. The Morgan fingerprint density at radius 3 is 2.35 bits per heavy atom. The largest absolute Gasteiger partial charge is 0.482 e. The van der Waals surface area contributed by atoms with Gasteiger partial charge in [0.15, 0.2) is 5.60 Å². The molecule has 2 heterocycles. The zero-order valence-electron chi connectivity index (χ0n) is 18.4. The van der Waals surface area contributed by atoms with E-state index in [1.807, 2.05) is 0 Å². The molecule has 34 heavy (non-hydrogen) atoms. The summed E-state index contributed by atoms with van der Waals surface area (Å²) in [6.45, 7) is 2.94. The summed E-state index contributed by atoms with van der Waals surface area (Å²) in [4.78, 5) is 11.9. The highest BCUT2D eigenvalue weighted by molar-refractivity contribution is 9.10. The van der Waals surface area contributed by atoms with E-state index in [1.54, 1.807) is 6.07 Å². The molecule has 2 aromatic carbocycles. The molecule has 4 rings (SSSR count). The van der Waals surface area contributed by atoms with Crippen LogP contribution in [0.4, 0.5) is 11.4 Å². The van der Waals surface area contributed by atoms with E-state index < -0.39 is 37.7 Å². The van der Waals surface area contributed by atoms with Gasteiger partial charge < -0.3 is 24.1 Å². The summed E-state index contributed by atoms with van der Waals surface area (Å²) in [6, 6.07) is 8.09. The van der Waals surface area contributed by atoms with Gasteiger partial charge in [-0.05, 0) is 38.1 Å². The number of hydrogen-bond acceptors (Lipinski definition) is 10. The van der Waals surface area contributed by atoms with Gasteiger partial charge in [-0.1, -0.05) is 15.9 Å². The summed E-state index contributed by atoms with van der Waals surface area (Å²) in [5.41, 5.74) is -6.49.